The zero-order chi connectivity index (χ0) is 17.1. The minimum atomic E-state index is -1.70. The van der Waals surface area contributed by atoms with Gasteiger partial charge in [0.25, 0.3) is 0 Å². The number of hydrogen-bond donors (Lipinski definition) is 1. The molecule has 0 radical (unpaired) electrons. The Morgan fingerprint density at radius 3 is 2.52 bits per heavy atom. The van der Waals surface area contributed by atoms with Crippen molar-refractivity contribution in [1.82, 2.24) is 4.90 Å². The van der Waals surface area contributed by atoms with Crippen LogP contribution in [0.25, 0.3) is 0 Å². The fourth-order valence-electron chi connectivity index (χ4n) is 2.85. The topological polar surface area (TPSA) is 32.7 Å². The van der Waals surface area contributed by atoms with Crippen LogP contribution >= 0.6 is 0 Å². The third-order valence-electron chi connectivity index (χ3n) is 5.53. The van der Waals surface area contributed by atoms with Gasteiger partial charge in [-0.15, -0.1) is 0 Å². The smallest absolute Gasteiger partial charge is 0.192 e. The summed E-state index contributed by atoms with van der Waals surface area (Å²) in [5.41, 5.74) is 1.00. The first kappa shape index (κ1) is 18.7. The fourth-order valence-corrected chi connectivity index (χ4v) is 3.89. The normalized spacial score (nSPS) is 21.6. The van der Waals surface area contributed by atoms with E-state index in [1.807, 2.05) is 30.3 Å². The Morgan fingerprint density at radius 2 is 1.91 bits per heavy atom. The summed E-state index contributed by atoms with van der Waals surface area (Å²) >= 11 is 0. The predicted octanol–water partition coefficient (Wildman–Crippen LogP) is 4.21. The molecule has 1 N–H and O–H groups in total. The van der Waals surface area contributed by atoms with E-state index in [0.29, 0.717) is 12.6 Å². The van der Waals surface area contributed by atoms with Crippen molar-refractivity contribution >= 4 is 8.32 Å². The van der Waals surface area contributed by atoms with Crippen molar-refractivity contribution in [3.05, 3.63) is 35.9 Å². The van der Waals surface area contributed by atoms with Crippen LogP contribution in [0.4, 0.5) is 0 Å². The first-order valence-corrected chi connectivity index (χ1v) is 11.7. The molecule has 0 saturated carbocycles. The van der Waals surface area contributed by atoms with E-state index in [9.17, 15) is 5.11 Å². The molecular weight excluding hydrogens is 302 g/mol. The number of benzene rings is 1. The molecule has 1 heterocycles. The maximum absolute atomic E-state index is 10.5. The molecule has 3 nitrogen and oxygen atoms in total. The molecule has 0 aromatic heterocycles. The van der Waals surface area contributed by atoms with Gasteiger partial charge in [-0.3, -0.25) is 4.90 Å². The van der Waals surface area contributed by atoms with Gasteiger partial charge in [-0.1, -0.05) is 51.1 Å². The van der Waals surface area contributed by atoms with Gasteiger partial charge in [0.05, 0.1) is 6.10 Å². The zero-order valence-corrected chi connectivity index (χ0v) is 16.4. The predicted molar refractivity (Wildman–Crippen MR) is 99.1 cm³/mol. The lowest BCUT2D eigenvalue weighted by atomic mass is 10.1. The second kappa shape index (κ2) is 7.47. The van der Waals surface area contributed by atoms with E-state index in [-0.39, 0.29) is 5.04 Å². The van der Waals surface area contributed by atoms with Gasteiger partial charge in [0.15, 0.2) is 8.32 Å². The van der Waals surface area contributed by atoms with E-state index in [0.717, 1.165) is 18.7 Å². The molecule has 0 unspecified atom stereocenters. The fraction of sp³-hybridized carbons (Fsp3) is 0.684. The number of nitrogens with zero attached hydrogens (tertiary/aromatic N) is 1. The molecule has 1 aromatic carbocycles. The Morgan fingerprint density at radius 1 is 1.26 bits per heavy atom. The average molecular weight is 336 g/mol. The van der Waals surface area contributed by atoms with Crippen LogP contribution in [0.15, 0.2) is 30.3 Å². The second-order valence-electron chi connectivity index (χ2n) is 8.29. The molecule has 1 aromatic rings. The van der Waals surface area contributed by atoms with Gasteiger partial charge in [0.2, 0.25) is 0 Å². The largest absolute Gasteiger partial charge is 0.415 e. The maximum Gasteiger partial charge on any atom is 0.192 e. The number of aliphatic hydroxyl groups is 1. The monoisotopic (exact) mass is 335 g/mol. The Bertz CT molecular complexity index is 484. The summed E-state index contributed by atoms with van der Waals surface area (Å²) in [5, 5.41) is 10.7. The van der Waals surface area contributed by atoms with Crippen LogP contribution in [0.5, 0.6) is 0 Å². The highest BCUT2D eigenvalue weighted by Crippen LogP contribution is 2.37. The highest BCUT2D eigenvalue weighted by atomic mass is 28.4. The SMILES string of the molecule is CC(C)(C)[Si](C)(C)OC[C@@H]1CCCN1C[C@H](O)c1ccccc1. The molecule has 2 rings (SSSR count). The molecule has 1 aliphatic rings. The molecule has 0 amide bonds. The average Bonchev–Trinajstić information content (AvgIpc) is 2.92. The van der Waals surface area contributed by atoms with Crippen molar-refractivity contribution in [1.29, 1.82) is 0 Å². The quantitative estimate of drug-likeness (QED) is 0.791. The van der Waals surface area contributed by atoms with Gasteiger partial charge in [-0.05, 0) is 43.1 Å². The maximum atomic E-state index is 10.5. The molecule has 23 heavy (non-hydrogen) atoms. The van der Waals surface area contributed by atoms with Crippen molar-refractivity contribution in [3.63, 3.8) is 0 Å². The summed E-state index contributed by atoms with van der Waals surface area (Å²) in [4.78, 5) is 2.41. The number of β-amino-alcohol motifs (C(OH)–C–C–N with tert-alkyl or cyclic N) is 1. The number of hydrogen-bond acceptors (Lipinski definition) is 3. The van der Waals surface area contributed by atoms with Crippen molar-refractivity contribution in [3.8, 4) is 0 Å². The summed E-state index contributed by atoms with van der Waals surface area (Å²) in [6, 6.07) is 10.4. The van der Waals surface area contributed by atoms with Crippen LogP contribution in [0.3, 0.4) is 0 Å². The Labute approximate surface area is 142 Å². The number of rotatable bonds is 6. The molecule has 1 saturated heterocycles. The van der Waals surface area contributed by atoms with Crippen molar-refractivity contribution in [2.75, 3.05) is 19.7 Å². The third-order valence-corrected chi connectivity index (χ3v) is 10.0. The van der Waals surface area contributed by atoms with E-state index < -0.39 is 14.4 Å². The molecule has 0 spiro atoms. The summed E-state index contributed by atoms with van der Waals surface area (Å²) in [6.07, 6.45) is 1.97. The molecule has 130 valence electrons. The molecule has 2 atom stereocenters. The summed E-state index contributed by atoms with van der Waals surface area (Å²) in [5.74, 6) is 0. The van der Waals surface area contributed by atoms with E-state index in [2.05, 4.69) is 38.8 Å². The third kappa shape index (κ3) is 4.89. The van der Waals surface area contributed by atoms with Gasteiger partial charge in [-0.2, -0.15) is 0 Å². The highest BCUT2D eigenvalue weighted by molar-refractivity contribution is 6.74. The van der Waals surface area contributed by atoms with Crippen molar-refractivity contribution in [2.45, 2.75) is 63.9 Å². The summed E-state index contributed by atoms with van der Waals surface area (Å²) in [6.45, 7) is 14.0. The van der Waals surface area contributed by atoms with E-state index >= 15 is 0 Å². The standard InChI is InChI=1S/C19H33NO2Si/c1-19(2,3)23(4,5)22-15-17-12-9-13-20(17)14-18(21)16-10-7-6-8-11-16/h6-8,10-11,17-18,21H,9,12-15H2,1-5H3/t17-,18-/m0/s1. The van der Waals surface area contributed by atoms with Crippen LogP contribution in [0.2, 0.25) is 18.1 Å². The molecular formula is C19H33NO2Si. The lowest BCUT2D eigenvalue weighted by Crippen LogP contribution is -2.45. The van der Waals surface area contributed by atoms with Crippen molar-refractivity contribution in [2.24, 2.45) is 0 Å². The summed E-state index contributed by atoms with van der Waals surface area (Å²) in [7, 11) is -1.70. The lowest BCUT2D eigenvalue weighted by molar-refractivity contribution is 0.0869. The number of likely N-dealkylation sites (tertiary alicyclic amines) is 1. The van der Waals surface area contributed by atoms with E-state index in [1.54, 1.807) is 0 Å². The number of aliphatic hydroxyl groups excluding tert-OH is 1. The van der Waals surface area contributed by atoms with Crippen LogP contribution in [0, 0.1) is 0 Å². The van der Waals surface area contributed by atoms with E-state index in [1.165, 1.54) is 12.8 Å². The van der Waals surface area contributed by atoms with Gasteiger partial charge >= 0.3 is 0 Å². The molecule has 1 fully saturated rings. The molecule has 0 bridgehead atoms. The second-order valence-corrected chi connectivity index (χ2v) is 13.1. The first-order valence-electron chi connectivity index (χ1n) is 8.82. The molecule has 4 heteroatoms. The van der Waals surface area contributed by atoms with Crippen LogP contribution in [-0.4, -0.2) is 44.1 Å². The van der Waals surface area contributed by atoms with Crippen LogP contribution in [0.1, 0.15) is 45.3 Å². The molecule has 1 aliphatic heterocycles. The molecule has 0 aliphatic carbocycles. The Balaban J connectivity index is 1.90. The lowest BCUT2D eigenvalue weighted by Gasteiger charge is -2.38. The first-order chi connectivity index (χ1) is 10.7. The Kier molecular flexibility index (Phi) is 6.06. The van der Waals surface area contributed by atoms with Crippen LogP contribution in [-0.2, 0) is 4.43 Å². The van der Waals surface area contributed by atoms with Gasteiger partial charge in [0.1, 0.15) is 0 Å². The van der Waals surface area contributed by atoms with Crippen LogP contribution < -0.4 is 0 Å². The van der Waals surface area contributed by atoms with Crippen molar-refractivity contribution < 1.29 is 9.53 Å². The summed E-state index contributed by atoms with van der Waals surface area (Å²) < 4.78 is 6.41. The van der Waals surface area contributed by atoms with Gasteiger partial charge in [0, 0.05) is 19.2 Å². The van der Waals surface area contributed by atoms with Gasteiger partial charge < -0.3 is 9.53 Å². The van der Waals surface area contributed by atoms with Gasteiger partial charge in [-0.25, -0.2) is 0 Å². The van der Waals surface area contributed by atoms with E-state index in [4.69, 9.17) is 4.43 Å². The Hall–Kier alpha value is -0.683. The zero-order valence-electron chi connectivity index (χ0n) is 15.4. The highest BCUT2D eigenvalue weighted by Gasteiger charge is 2.38. The minimum Gasteiger partial charge on any atom is -0.415 e. The minimum absolute atomic E-state index is 0.250.